The van der Waals surface area contributed by atoms with Crippen LogP contribution in [0.3, 0.4) is 0 Å². The molecule has 7 nitrogen and oxygen atoms in total. The van der Waals surface area contributed by atoms with Gasteiger partial charge in [-0.05, 0) is 62.4 Å². The van der Waals surface area contributed by atoms with Crippen LogP contribution in [-0.2, 0) is 0 Å². The molecule has 2 aromatic carbocycles. The van der Waals surface area contributed by atoms with Crippen LogP contribution in [0.1, 0.15) is 11.4 Å². The molecule has 0 unspecified atom stereocenters. The van der Waals surface area contributed by atoms with Crippen molar-refractivity contribution in [3.05, 3.63) is 75.0 Å². The summed E-state index contributed by atoms with van der Waals surface area (Å²) in [5.74, 6) is 0.332. The lowest BCUT2D eigenvalue weighted by Gasteiger charge is -2.13. The lowest BCUT2D eigenvalue weighted by Crippen LogP contribution is -2.38. The molecule has 30 heavy (non-hydrogen) atoms. The molecular formula is C20H17Cl3N6O. The Morgan fingerprint density at radius 2 is 1.47 bits per heavy atom. The summed E-state index contributed by atoms with van der Waals surface area (Å²) in [5.41, 5.74) is 2.65. The summed E-state index contributed by atoms with van der Waals surface area (Å²) in [6.07, 6.45) is 0. The molecule has 3 rings (SSSR count). The quantitative estimate of drug-likeness (QED) is 0.329. The van der Waals surface area contributed by atoms with Crippen LogP contribution >= 0.6 is 34.8 Å². The van der Waals surface area contributed by atoms with E-state index in [4.69, 9.17) is 34.8 Å². The van der Waals surface area contributed by atoms with Gasteiger partial charge in [0.25, 0.3) is 5.95 Å². The van der Waals surface area contributed by atoms with Gasteiger partial charge >= 0.3 is 6.03 Å². The minimum Gasteiger partial charge on any atom is -0.326 e. The van der Waals surface area contributed by atoms with E-state index in [9.17, 15) is 4.79 Å². The predicted octanol–water partition coefficient (Wildman–Crippen LogP) is 5.97. The summed E-state index contributed by atoms with van der Waals surface area (Å²) in [5, 5.41) is 9.64. The van der Waals surface area contributed by atoms with Gasteiger partial charge in [0, 0.05) is 27.8 Å². The number of anilines is 2. The van der Waals surface area contributed by atoms with Crippen LogP contribution < -0.4 is 16.0 Å². The highest BCUT2D eigenvalue weighted by atomic mass is 35.5. The van der Waals surface area contributed by atoms with Gasteiger partial charge in [0.1, 0.15) is 0 Å². The number of amides is 2. The van der Waals surface area contributed by atoms with E-state index in [0.717, 1.165) is 11.4 Å². The highest BCUT2D eigenvalue weighted by Crippen LogP contribution is 2.25. The largest absolute Gasteiger partial charge is 0.326 e. The smallest absolute Gasteiger partial charge is 0.326 e. The molecular weight excluding hydrogens is 447 g/mol. The third kappa shape index (κ3) is 6.32. The van der Waals surface area contributed by atoms with Crippen LogP contribution in [0.25, 0.3) is 0 Å². The normalized spacial score (nSPS) is 11.2. The molecule has 1 heterocycles. The summed E-state index contributed by atoms with van der Waals surface area (Å²) < 4.78 is 0. The first-order valence-corrected chi connectivity index (χ1v) is 9.88. The Morgan fingerprint density at radius 3 is 2.10 bits per heavy atom. The summed E-state index contributed by atoms with van der Waals surface area (Å²) in [6.45, 7) is 3.68. The average molecular weight is 464 g/mol. The number of benzene rings is 2. The molecule has 0 saturated heterocycles. The van der Waals surface area contributed by atoms with Gasteiger partial charge in [0.15, 0.2) is 0 Å². The van der Waals surface area contributed by atoms with Crippen molar-refractivity contribution in [1.29, 1.82) is 0 Å². The fourth-order valence-corrected chi connectivity index (χ4v) is 2.88. The number of aliphatic imine (C=N–C) groups is 1. The van der Waals surface area contributed by atoms with Gasteiger partial charge in [-0.15, -0.1) is 0 Å². The maximum absolute atomic E-state index is 12.5. The van der Waals surface area contributed by atoms with Crippen molar-refractivity contribution in [1.82, 2.24) is 15.3 Å². The highest BCUT2D eigenvalue weighted by Gasteiger charge is 2.10. The zero-order valence-electron chi connectivity index (χ0n) is 16.0. The van der Waals surface area contributed by atoms with Crippen LogP contribution in [0, 0.1) is 13.8 Å². The standard InChI is InChI=1S/C20H17Cl3N6O/c1-11-9-12(2)25-18(24-11)28-19(26-14-5-3-13(21)4-6-14)29-20(30)27-15-7-8-16(22)17(23)10-15/h3-10H,1-2H3,(H3,24,25,26,27,28,29,30). The molecule has 2 amide bonds. The van der Waals surface area contributed by atoms with Gasteiger partial charge in [-0.1, -0.05) is 34.8 Å². The summed E-state index contributed by atoms with van der Waals surface area (Å²) in [4.78, 5) is 25.4. The van der Waals surface area contributed by atoms with Crippen LogP contribution in [0.2, 0.25) is 15.1 Å². The topological polar surface area (TPSA) is 91.3 Å². The SMILES string of the molecule is Cc1cc(C)nc(/N=C(\NC(=O)Nc2ccc(Cl)c(Cl)c2)Nc2ccc(Cl)cc2)n1. The Hall–Kier alpha value is -2.87. The molecule has 3 aromatic rings. The first kappa shape index (κ1) is 21.8. The lowest BCUT2D eigenvalue weighted by molar-refractivity contribution is 0.256. The van der Waals surface area contributed by atoms with E-state index in [0.29, 0.717) is 26.4 Å². The second-order valence-corrected chi connectivity index (χ2v) is 7.50. The monoisotopic (exact) mass is 462 g/mol. The third-order valence-electron chi connectivity index (χ3n) is 3.70. The Morgan fingerprint density at radius 1 is 0.833 bits per heavy atom. The van der Waals surface area contributed by atoms with Crippen molar-refractivity contribution >= 4 is 64.1 Å². The molecule has 0 radical (unpaired) electrons. The third-order valence-corrected chi connectivity index (χ3v) is 4.69. The maximum atomic E-state index is 12.5. The number of hydrogen-bond donors (Lipinski definition) is 3. The van der Waals surface area contributed by atoms with E-state index >= 15 is 0 Å². The molecule has 10 heteroatoms. The zero-order chi connectivity index (χ0) is 21.7. The van der Waals surface area contributed by atoms with Gasteiger partial charge in [-0.3, -0.25) is 5.32 Å². The van der Waals surface area contributed by atoms with Crippen LogP contribution in [-0.4, -0.2) is 22.0 Å². The number of hydrogen-bond acceptors (Lipinski definition) is 4. The molecule has 3 N–H and O–H groups in total. The van der Waals surface area contributed by atoms with Crippen molar-refractivity contribution in [2.24, 2.45) is 4.99 Å². The first-order valence-electron chi connectivity index (χ1n) is 8.75. The van der Waals surface area contributed by atoms with Crippen LogP contribution in [0.5, 0.6) is 0 Å². The van der Waals surface area contributed by atoms with Gasteiger partial charge in [-0.2, -0.15) is 4.99 Å². The number of urea groups is 1. The fourth-order valence-electron chi connectivity index (χ4n) is 2.46. The predicted molar refractivity (Wildman–Crippen MR) is 122 cm³/mol. The van der Waals surface area contributed by atoms with Crippen molar-refractivity contribution in [3.63, 3.8) is 0 Å². The first-order chi connectivity index (χ1) is 14.3. The van der Waals surface area contributed by atoms with Crippen LogP contribution in [0.4, 0.5) is 22.1 Å². The maximum Gasteiger partial charge on any atom is 0.326 e. The number of halogens is 3. The molecule has 154 valence electrons. The molecule has 1 aromatic heterocycles. The number of aryl methyl sites for hydroxylation is 2. The minimum atomic E-state index is -0.544. The second-order valence-electron chi connectivity index (χ2n) is 6.25. The molecule has 0 aliphatic carbocycles. The fraction of sp³-hybridized carbons (Fsp3) is 0.100. The summed E-state index contributed by atoms with van der Waals surface area (Å²) in [6, 6.07) is 13.0. The van der Waals surface area contributed by atoms with E-state index in [-0.39, 0.29) is 11.9 Å². The Kier molecular flexibility index (Phi) is 7.10. The van der Waals surface area contributed by atoms with E-state index in [2.05, 4.69) is 30.9 Å². The van der Waals surface area contributed by atoms with E-state index in [1.54, 1.807) is 42.5 Å². The number of carbonyl (C=O) groups excluding carboxylic acids is 1. The van der Waals surface area contributed by atoms with E-state index in [1.165, 1.54) is 0 Å². The molecule has 0 atom stereocenters. The Bertz CT molecular complexity index is 1080. The van der Waals surface area contributed by atoms with Gasteiger partial charge in [-0.25, -0.2) is 14.8 Å². The van der Waals surface area contributed by atoms with Crippen molar-refractivity contribution in [2.45, 2.75) is 13.8 Å². The van der Waals surface area contributed by atoms with Crippen molar-refractivity contribution in [3.8, 4) is 0 Å². The number of nitrogens with zero attached hydrogens (tertiary/aromatic N) is 3. The number of aromatic nitrogens is 2. The number of carbonyl (C=O) groups is 1. The molecule has 0 bridgehead atoms. The van der Waals surface area contributed by atoms with E-state index in [1.807, 2.05) is 19.9 Å². The van der Waals surface area contributed by atoms with Gasteiger partial charge < -0.3 is 10.6 Å². The molecule has 0 saturated carbocycles. The second kappa shape index (κ2) is 9.75. The summed E-state index contributed by atoms with van der Waals surface area (Å²) in [7, 11) is 0. The molecule has 0 fully saturated rings. The number of nitrogens with one attached hydrogen (secondary N) is 3. The van der Waals surface area contributed by atoms with Gasteiger partial charge in [0.2, 0.25) is 5.96 Å². The minimum absolute atomic E-state index is 0.125. The van der Waals surface area contributed by atoms with Crippen molar-refractivity contribution in [2.75, 3.05) is 10.6 Å². The van der Waals surface area contributed by atoms with E-state index < -0.39 is 6.03 Å². The molecule has 0 aliphatic rings. The average Bonchev–Trinajstić information content (AvgIpc) is 2.65. The molecule has 0 aliphatic heterocycles. The van der Waals surface area contributed by atoms with Gasteiger partial charge in [0.05, 0.1) is 10.0 Å². The highest BCUT2D eigenvalue weighted by molar-refractivity contribution is 6.42. The zero-order valence-corrected chi connectivity index (χ0v) is 18.3. The summed E-state index contributed by atoms with van der Waals surface area (Å²) >= 11 is 17.8. The molecule has 0 spiro atoms. The lowest BCUT2D eigenvalue weighted by atomic mass is 10.3. The Balaban J connectivity index is 1.83. The Labute approximate surface area is 188 Å². The number of rotatable bonds is 3. The van der Waals surface area contributed by atoms with Crippen LogP contribution in [0.15, 0.2) is 53.5 Å². The number of guanidine groups is 1. The van der Waals surface area contributed by atoms with Crippen molar-refractivity contribution < 1.29 is 4.79 Å².